The lowest BCUT2D eigenvalue weighted by Crippen LogP contribution is -2.56. The maximum absolute atomic E-state index is 13.0. The van der Waals surface area contributed by atoms with Crippen molar-refractivity contribution in [2.75, 3.05) is 19.7 Å². The molecule has 0 bridgehead atoms. The Balaban J connectivity index is 1.65. The Bertz CT molecular complexity index is 792. The molecule has 1 amide bonds. The number of ether oxygens (including phenoxy) is 2. The van der Waals surface area contributed by atoms with Crippen molar-refractivity contribution < 1.29 is 27.4 Å². The first-order valence-corrected chi connectivity index (χ1v) is 7.96. The standard InChI is InChI=1S/C17H16F3N3O3/c1-2-25-14-12(5-3-7-21-14)16(24)23-9-11(10-23)26-15-13(17(18,19)20)6-4-8-22-15/h3-8,11H,2,9-10H2,1H3. The number of nitrogens with zero attached hydrogens (tertiary/aromatic N) is 3. The van der Waals surface area contributed by atoms with Crippen LogP contribution < -0.4 is 9.47 Å². The summed E-state index contributed by atoms with van der Waals surface area (Å²) < 4.78 is 49.5. The normalized spacial score (nSPS) is 14.7. The fraction of sp³-hybridized carbons (Fsp3) is 0.353. The van der Waals surface area contributed by atoms with E-state index in [1.54, 1.807) is 19.1 Å². The SMILES string of the molecule is CCOc1ncccc1C(=O)N1CC(Oc2ncccc2C(F)(F)F)C1. The number of amides is 1. The summed E-state index contributed by atoms with van der Waals surface area (Å²) in [4.78, 5) is 21.6. The third kappa shape index (κ3) is 3.71. The van der Waals surface area contributed by atoms with Crippen LogP contribution in [0.25, 0.3) is 0 Å². The molecule has 2 aromatic rings. The van der Waals surface area contributed by atoms with E-state index < -0.39 is 23.7 Å². The zero-order valence-corrected chi connectivity index (χ0v) is 13.9. The van der Waals surface area contributed by atoms with E-state index in [2.05, 4.69) is 9.97 Å². The summed E-state index contributed by atoms with van der Waals surface area (Å²) in [6.07, 6.45) is -2.35. The van der Waals surface area contributed by atoms with Gasteiger partial charge in [-0.1, -0.05) is 0 Å². The summed E-state index contributed by atoms with van der Waals surface area (Å²) in [6.45, 7) is 2.46. The Morgan fingerprint density at radius 2 is 1.85 bits per heavy atom. The second kappa shape index (κ2) is 7.19. The van der Waals surface area contributed by atoms with Gasteiger partial charge in [-0.25, -0.2) is 9.97 Å². The van der Waals surface area contributed by atoms with Crippen LogP contribution in [0.5, 0.6) is 11.8 Å². The van der Waals surface area contributed by atoms with E-state index in [4.69, 9.17) is 9.47 Å². The number of rotatable bonds is 5. The molecule has 0 N–H and O–H groups in total. The van der Waals surface area contributed by atoms with Gasteiger partial charge in [0.2, 0.25) is 11.8 Å². The minimum Gasteiger partial charge on any atom is -0.477 e. The molecular weight excluding hydrogens is 351 g/mol. The highest BCUT2D eigenvalue weighted by Gasteiger charge is 2.39. The molecule has 0 radical (unpaired) electrons. The molecule has 6 nitrogen and oxygen atoms in total. The predicted molar refractivity (Wildman–Crippen MR) is 85.0 cm³/mol. The highest BCUT2D eigenvalue weighted by Crippen LogP contribution is 2.35. The highest BCUT2D eigenvalue weighted by molar-refractivity contribution is 5.96. The number of hydrogen-bond acceptors (Lipinski definition) is 5. The summed E-state index contributed by atoms with van der Waals surface area (Å²) in [5, 5.41) is 0. The van der Waals surface area contributed by atoms with E-state index in [0.717, 1.165) is 6.07 Å². The maximum Gasteiger partial charge on any atom is 0.421 e. The summed E-state index contributed by atoms with van der Waals surface area (Å²) in [5.74, 6) is -0.555. The zero-order valence-electron chi connectivity index (χ0n) is 13.9. The summed E-state index contributed by atoms with van der Waals surface area (Å²) in [6, 6.07) is 5.32. The van der Waals surface area contributed by atoms with Crippen LogP contribution in [-0.4, -0.2) is 46.6 Å². The Labute approximate surface area is 147 Å². The maximum atomic E-state index is 13.0. The first-order valence-electron chi connectivity index (χ1n) is 7.96. The third-order valence-electron chi connectivity index (χ3n) is 3.77. The van der Waals surface area contributed by atoms with Crippen molar-refractivity contribution in [3.05, 3.63) is 47.8 Å². The smallest absolute Gasteiger partial charge is 0.421 e. The average Bonchev–Trinajstić information content (AvgIpc) is 2.57. The molecule has 0 unspecified atom stereocenters. The van der Waals surface area contributed by atoms with Gasteiger partial charge in [-0.15, -0.1) is 0 Å². The molecule has 1 saturated heterocycles. The van der Waals surface area contributed by atoms with Gasteiger partial charge in [0.1, 0.15) is 17.2 Å². The molecule has 0 saturated carbocycles. The molecule has 2 aromatic heterocycles. The number of pyridine rings is 2. The zero-order chi connectivity index (χ0) is 18.7. The van der Waals surface area contributed by atoms with E-state index in [9.17, 15) is 18.0 Å². The van der Waals surface area contributed by atoms with Crippen LogP contribution in [0.4, 0.5) is 13.2 Å². The molecule has 0 aliphatic carbocycles. The van der Waals surface area contributed by atoms with Crippen LogP contribution >= 0.6 is 0 Å². The monoisotopic (exact) mass is 367 g/mol. The van der Waals surface area contributed by atoms with Gasteiger partial charge in [0.25, 0.3) is 5.91 Å². The van der Waals surface area contributed by atoms with Gasteiger partial charge in [0.15, 0.2) is 0 Å². The van der Waals surface area contributed by atoms with Gasteiger partial charge < -0.3 is 14.4 Å². The molecular formula is C17H16F3N3O3. The predicted octanol–water partition coefficient (Wildman–Crippen LogP) is 2.80. The first kappa shape index (κ1) is 18.0. The van der Waals surface area contributed by atoms with Crippen molar-refractivity contribution >= 4 is 5.91 Å². The van der Waals surface area contributed by atoms with Crippen LogP contribution in [0.15, 0.2) is 36.7 Å². The van der Waals surface area contributed by atoms with Crippen LogP contribution in [-0.2, 0) is 6.18 Å². The topological polar surface area (TPSA) is 64.5 Å². The van der Waals surface area contributed by atoms with Crippen molar-refractivity contribution in [2.45, 2.75) is 19.2 Å². The van der Waals surface area contributed by atoms with E-state index in [1.807, 2.05) is 0 Å². The Kier molecular flexibility index (Phi) is 4.97. The number of aromatic nitrogens is 2. The molecule has 1 aliphatic rings. The third-order valence-corrected chi connectivity index (χ3v) is 3.77. The molecule has 26 heavy (non-hydrogen) atoms. The van der Waals surface area contributed by atoms with Crippen LogP contribution in [0.1, 0.15) is 22.8 Å². The van der Waals surface area contributed by atoms with Crippen molar-refractivity contribution in [3.8, 4) is 11.8 Å². The largest absolute Gasteiger partial charge is 0.477 e. The van der Waals surface area contributed by atoms with Crippen LogP contribution in [0.2, 0.25) is 0 Å². The number of alkyl halides is 3. The Hall–Kier alpha value is -2.84. The van der Waals surface area contributed by atoms with E-state index >= 15 is 0 Å². The second-order valence-corrected chi connectivity index (χ2v) is 5.59. The Morgan fingerprint density at radius 3 is 2.50 bits per heavy atom. The quantitative estimate of drug-likeness (QED) is 0.813. The van der Waals surface area contributed by atoms with Gasteiger partial charge in [0, 0.05) is 12.4 Å². The number of halogens is 3. The number of carbonyl (C=O) groups excluding carboxylic acids is 1. The fourth-order valence-corrected chi connectivity index (χ4v) is 2.51. The summed E-state index contributed by atoms with van der Waals surface area (Å²) in [7, 11) is 0. The van der Waals surface area contributed by atoms with Crippen molar-refractivity contribution in [2.24, 2.45) is 0 Å². The lowest BCUT2D eigenvalue weighted by Gasteiger charge is -2.39. The van der Waals surface area contributed by atoms with E-state index in [-0.39, 0.29) is 24.9 Å². The van der Waals surface area contributed by atoms with E-state index in [1.165, 1.54) is 23.4 Å². The molecule has 138 valence electrons. The number of carbonyl (C=O) groups is 1. The molecule has 0 atom stereocenters. The molecule has 1 aliphatic heterocycles. The Morgan fingerprint density at radius 1 is 1.19 bits per heavy atom. The second-order valence-electron chi connectivity index (χ2n) is 5.59. The van der Waals surface area contributed by atoms with Gasteiger partial charge in [-0.2, -0.15) is 13.2 Å². The lowest BCUT2D eigenvalue weighted by molar-refractivity contribution is -0.140. The minimum atomic E-state index is -4.55. The number of likely N-dealkylation sites (tertiary alicyclic amines) is 1. The van der Waals surface area contributed by atoms with Crippen molar-refractivity contribution in [1.29, 1.82) is 0 Å². The highest BCUT2D eigenvalue weighted by atomic mass is 19.4. The summed E-state index contributed by atoms with van der Waals surface area (Å²) >= 11 is 0. The van der Waals surface area contributed by atoms with Crippen molar-refractivity contribution in [1.82, 2.24) is 14.9 Å². The minimum absolute atomic E-state index is 0.160. The van der Waals surface area contributed by atoms with Crippen LogP contribution in [0, 0.1) is 0 Å². The van der Waals surface area contributed by atoms with E-state index in [0.29, 0.717) is 12.2 Å². The average molecular weight is 367 g/mol. The molecule has 1 fully saturated rings. The lowest BCUT2D eigenvalue weighted by atomic mass is 10.1. The molecule has 3 rings (SSSR count). The summed E-state index contributed by atoms with van der Waals surface area (Å²) in [5.41, 5.74) is -0.628. The van der Waals surface area contributed by atoms with Crippen molar-refractivity contribution in [3.63, 3.8) is 0 Å². The first-order chi connectivity index (χ1) is 12.4. The van der Waals surface area contributed by atoms with Gasteiger partial charge in [0.05, 0.1) is 19.7 Å². The van der Waals surface area contributed by atoms with Gasteiger partial charge in [-0.05, 0) is 31.2 Å². The fourth-order valence-electron chi connectivity index (χ4n) is 2.51. The van der Waals surface area contributed by atoms with Gasteiger partial charge >= 0.3 is 6.18 Å². The molecule has 9 heteroatoms. The van der Waals surface area contributed by atoms with Crippen LogP contribution in [0.3, 0.4) is 0 Å². The number of hydrogen-bond donors (Lipinski definition) is 0. The molecule has 0 aromatic carbocycles. The van der Waals surface area contributed by atoms with Gasteiger partial charge in [-0.3, -0.25) is 4.79 Å². The molecule has 3 heterocycles. The molecule has 0 spiro atoms.